The molecule has 0 unspecified atom stereocenters. The Morgan fingerprint density at radius 2 is 1.85 bits per heavy atom. The first-order valence-corrected chi connectivity index (χ1v) is 15.8. The fourth-order valence-electron chi connectivity index (χ4n) is 8.26. The molecule has 4 atom stereocenters. The van der Waals surface area contributed by atoms with Gasteiger partial charge < -0.3 is 19.7 Å². The van der Waals surface area contributed by atoms with E-state index in [0.717, 1.165) is 38.3 Å². The molecular formula is C32H34F5N7O2. The Morgan fingerprint density at radius 3 is 2.61 bits per heavy atom. The number of ether oxygens (including phenoxy) is 2. The summed E-state index contributed by atoms with van der Waals surface area (Å²) in [5.41, 5.74) is -0.428. The highest BCUT2D eigenvalue weighted by Gasteiger charge is 2.49. The number of aryl methyl sites for hydroxylation is 2. The zero-order chi connectivity index (χ0) is 31.9. The smallest absolute Gasteiger partial charge is 0.387 e. The van der Waals surface area contributed by atoms with Crippen LogP contribution in [0.5, 0.6) is 11.8 Å². The molecule has 2 bridgehead atoms. The Labute approximate surface area is 261 Å². The Hall–Kier alpha value is -3.78. The molecule has 0 spiro atoms. The van der Waals surface area contributed by atoms with Crippen LogP contribution in [0.2, 0.25) is 0 Å². The maximum absolute atomic E-state index is 17.0. The van der Waals surface area contributed by atoms with Crippen LogP contribution in [-0.4, -0.2) is 88.3 Å². The molecule has 0 radical (unpaired) electrons. The topological polar surface area (TPSA) is 91.4 Å². The van der Waals surface area contributed by atoms with Gasteiger partial charge in [-0.15, -0.1) is 0 Å². The zero-order valence-corrected chi connectivity index (χ0v) is 25.5. The van der Waals surface area contributed by atoms with E-state index in [1.165, 1.54) is 6.92 Å². The summed E-state index contributed by atoms with van der Waals surface area (Å²) < 4.78 is 86.2. The van der Waals surface area contributed by atoms with Crippen LogP contribution in [-0.2, 0) is 0 Å². The van der Waals surface area contributed by atoms with Gasteiger partial charge in [0.2, 0.25) is 0 Å². The molecule has 4 fully saturated rings. The van der Waals surface area contributed by atoms with Crippen molar-refractivity contribution in [3.05, 3.63) is 35.0 Å². The summed E-state index contributed by atoms with van der Waals surface area (Å²) in [5.74, 6) is -2.06. The third kappa shape index (κ3) is 4.74. The van der Waals surface area contributed by atoms with Crippen molar-refractivity contribution in [1.82, 2.24) is 30.4 Å². The minimum atomic E-state index is -3.24. The van der Waals surface area contributed by atoms with E-state index in [1.807, 2.05) is 4.90 Å². The van der Waals surface area contributed by atoms with Crippen LogP contribution in [0.15, 0.2) is 12.1 Å². The molecule has 2 N–H and O–H groups in total. The molecule has 0 saturated carbocycles. The number of anilines is 1. The van der Waals surface area contributed by atoms with Crippen molar-refractivity contribution in [3.63, 3.8) is 0 Å². The monoisotopic (exact) mass is 643 g/mol. The Kier molecular flexibility index (Phi) is 7.02. The second kappa shape index (κ2) is 10.9. The maximum atomic E-state index is 17.0. The van der Waals surface area contributed by atoms with Gasteiger partial charge in [-0.25, -0.2) is 13.2 Å². The first kappa shape index (κ1) is 29.6. The van der Waals surface area contributed by atoms with E-state index in [-0.39, 0.29) is 57.9 Å². The van der Waals surface area contributed by atoms with Crippen molar-refractivity contribution < 1.29 is 31.4 Å². The quantitative estimate of drug-likeness (QED) is 0.253. The molecule has 2 aromatic carbocycles. The van der Waals surface area contributed by atoms with Crippen LogP contribution in [0.4, 0.5) is 27.8 Å². The lowest BCUT2D eigenvalue weighted by Gasteiger charge is -2.34. The number of benzene rings is 2. The van der Waals surface area contributed by atoms with Gasteiger partial charge in [-0.2, -0.15) is 23.8 Å². The summed E-state index contributed by atoms with van der Waals surface area (Å²) in [6.07, 6.45) is 3.01. The number of fused-ring (bicyclic) bond motifs is 5. The molecule has 4 saturated heterocycles. The molecule has 4 aliphatic heterocycles. The largest absolute Gasteiger partial charge is 0.461 e. The van der Waals surface area contributed by atoms with Gasteiger partial charge in [0.1, 0.15) is 35.7 Å². The number of aromatic amines is 1. The van der Waals surface area contributed by atoms with E-state index in [9.17, 15) is 13.2 Å². The molecule has 0 aliphatic carbocycles. The van der Waals surface area contributed by atoms with Crippen LogP contribution in [0.3, 0.4) is 0 Å². The normalized spacial score (nSPS) is 26.2. The van der Waals surface area contributed by atoms with Gasteiger partial charge >= 0.3 is 12.6 Å². The minimum absolute atomic E-state index is 0.105. The lowest BCUT2D eigenvalue weighted by atomic mass is 9.94. The maximum Gasteiger partial charge on any atom is 0.387 e. The number of rotatable bonds is 7. The number of aromatic nitrogens is 4. The number of halogens is 5. The highest BCUT2D eigenvalue weighted by Crippen LogP contribution is 2.46. The Morgan fingerprint density at radius 1 is 1.07 bits per heavy atom. The average Bonchev–Trinajstić information content (AvgIpc) is 3.75. The summed E-state index contributed by atoms with van der Waals surface area (Å²) in [6.45, 7) is 2.29. The van der Waals surface area contributed by atoms with E-state index in [1.54, 1.807) is 13.0 Å². The van der Waals surface area contributed by atoms with Crippen LogP contribution in [0, 0.1) is 25.5 Å². The van der Waals surface area contributed by atoms with Crippen LogP contribution in [0.1, 0.15) is 43.4 Å². The molecular weight excluding hydrogens is 609 g/mol. The Balaban J connectivity index is 1.31. The van der Waals surface area contributed by atoms with Crippen molar-refractivity contribution >= 4 is 27.6 Å². The molecule has 8 rings (SSSR count). The fraction of sp³-hybridized carbons (Fsp3) is 0.531. The van der Waals surface area contributed by atoms with Gasteiger partial charge in [-0.3, -0.25) is 10.00 Å². The van der Waals surface area contributed by atoms with Crippen molar-refractivity contribution in [3.8, 4) is 22.9 Å². The highest BCUT2D eigenvalue weighted by molar-refractivity contribution is 6.03. The van der Waals surface area contributed by atoms with Gasteiger partial charge in [-0.05, 0) is 63.8 Å². The van der Waals surface area contributed by atoms with Crippen molar-refractivity contribution in [2.75, 3.05) is 37.7 Å². The number of hydrogen-bond acceptors (Lipinski definition) is 8. The molecule has 14 heteroatoms. The summed E-state index contributed by atoms with van der Waals surface area (Å²) in [5, 5.41) is 10.9. The van der Waals surface area contributed by atoms with Crippen molar-refractivity contribution in [2.24, 2.45) is 0 Å². The average molecular weight is 644 g/mol. The molecule has 4 aliphatic rings. The summed E-state index contributed by atoms with van der Waals surface area (Å²) in [6, 6.07) is 3.01. The predicted molar refractivity (Wildman–Crippen MR) is 161 cm³/mol. The number of nitrogens with zero attached hydrogens (tertiary/aromatic N) is 5. The van der Waals surface area contributed by atoms with E-state index >= 15 is 8.78 Å². The third-order valence-corrected chi connectivity index (χ3v) is 10.2. The molecule has 244 valence electrons. The number of nitrogens with one attached hydrogen (secondary N) is 2. The first-order chi connectivity index (χ1) is 22.1. The third-order valence-electron chi connectivity index (χ3n) is 10.2. The van der Waals surface area contributed by atoms with E-state index in [0.29, 0.717) is 43.1 Å². The second-order valence-corrected chi connectivity index (χ2v) is 13.2. The minimum Gasteiger partial charge on any atom is -0.461 e. The predicted octanol–water partition coefficient (Wildman–Crippen LogP) is 5.57. The highest BCUT2D eigenvalue weighted by atomic mass is 19.3. The van der Waals surface area contributed by atoms with Crippen LogP contribution >= 0.6 is 0 Å². The van der Waals surface area contributed by atoms with E-state index in [4.69, 9.17) is 14.5 Å². The lowest BCUT2D eigenvalue weighted by Crippen LogP contribution is -2.51. The van der Waals surface area contributed by atoms with Crippen molar-refractivity contribution in [2.45, 2.75) is 76.4 Å². The van der Waals surface area contributed by atoms with Crippen LogP contribution < -0.4 is 19.7 Å². The molecule has 4 aromatic rings. The molecule has 9 nitrogen and oxygen atoms in total. The van der Waals surface area contributed by atoms with Gasteiger partial charge in [-0.1, -0.05) is 0 Å². The Bertz CT molecular complexity index is 1840. The summed E-state index contributed by atoms with van der Waals surface area (Å²) in [4.78, 5) is 13.3. The summed E-state index contributed by atoms with van der Waals surface area (Å²) >= 11 is 0. The molecule has 0 amide bonds. The number of hydrogen-bond donors (Lipinski definition) is 2. The number of alkyl halides is 3. The standard InChI is InChI=1S/C32H34F5N7O2/c1-15-8-22-23(16(2)41-42-22)25(28(15)46-30(36)37)24-21(34)9-20-27(26(24)35)39-31(40-29(20)43-12-18-4-5-19(13-43)38-18)45-14-32-6-3-7-44(32)11-17(33)10-32/h8-9,17-19,30,38H,3-7,10-14H2,1-2H3,(H,41,42)/t17-,18-,19+,32+/m1/s1. The zero-order valence-electron chi connectivity index (χ0n) is 25.5. The first-order valence-electron chi connectivity index (χ1n) is 15.8. The molecule has 2 aromatic heterocycles. The SMILES string of the molecule is Cc1cc2[nH]nc(C)c2c(-c2c(F)cc3c(N4C[C@H]5CC[C@@H](C4)N5)nc(OC[C@@]45CCCN4C[C@H](F)C5)nc3c2F)c1OC(F)F. The van der Waals surface area contributed by atoms with E-state index < -0.39 is 35.5 Å². The van der Waals surface area contributed by atoms with Gasteiger partial charge in [0.05, 0.1) is 22.3 Å². The number of H-pyrrole nitrogens is 1. The number of piperazine rings is 1. The second-order valence-electron chi connectivity index (χ2n) is 13.2. The van der Waals surface area contributed by atoms with Gasteiger partial charge in [0.25, 0.3) is 0 Å². The van der Waals surface area contributed by atoms with Crippen LogP contribution in [0.25, 0.3) is 32.9 Å². The fourth-order valence-corrected chi connectivity index (χ4v) is 8.26. The summed E-state index contributed by atoms with van der Waals surface area (Å²) in [7, 11) is 0. The lowest BCUT2D eigenvalue weighted by molar-refractivity contribution is -0.0498. The van der Waals surface area contributed by atoms with Crippen molar-refractivity contribution in [1.29, 1.82) is 0 Å². The van der Waals surface area contributed by atoms with Gasteiger partial charge in [0.15, 0.2) is 5.82 Å². The molecule has 46 heavy (non-hydrogen) atoms. The van der Waals surface area contributed by atoms with Gasteiger partial charge in [0, 0.05) is 54.5 Å². The molecule has 6 heterocycles. The van der Waals surface area contributed by atoms with E-state index in [2.05, 4.69) is 25.4 Å².